The number of benzene rings is 2. The van der Waals surface area contributed by atoms with Crippen LogP contribution >= 0.6 is 23.2 Å². The largest absolute Gasteiger partial charge is 0.432 e. The Hall–Kier alpha value is -2.25. The molecule has 0 saturated heterocycles. The molecule has 27 heavy (non-hydrogen) atoms. The van der Waals surface area contributed by atoms with Gasteiger partial charge in [-0.2, -0.15) is 18.3 Å². The number of halogens is 5. The van der Waals surface area contributed by atoms with Gasteiger partial charge in [-0.25, -0.2) is 0 Å². The summed E-state index contributed by atoms with van der Waals surface area (Å²) in [6, 6.07) is 11.7. The Kier molecular flexibility index (Phi) is 5.35. The van der Waals surface area contributed by atoms with Gasteiger partial charge >= 0.3 is 6.18 Å². The highest BCUT2D eigenvalue weighted by Crippen LogP contribution is 2.34. The molecule has 0 fully saturated rings. The lowest BCUT2D eigenvalue weighted by Gasteiger charge is -2.17. The fraction of sp³-hybridized carbons (Fsp3) is 0.222. The number of carbonyl (C=O) groups excluding carboxylic acids is 1. The summed E-state index contributed by atoms with van der Waals surface area (Å²) in [4.78, 5) is 12.6. The number of rotatable bonds is 3. The van der Waals surface area contributed by atoms with Crippen LogP contribution in [0.1, 0.15) is 0 Å². The molecular weight excluding hydrogens is 402 g/mol. The first-order valence-corrected chi connectivity index (χ1v) is 8.64. The van der Waals surface area contributed by atoms with Crippen molar-refractivity contribution in [2.24, 2.45) is 11.0 Å². The Morgan fingerprint density at radius 2 is 1.89 bits per heavy atom. The van der Waals surface area contributed by atoms with Crippen LogP contribution < -0.4 is 5.32 Å². The molecule has 2 aromatic rings. The van der Waals surface area contributed by atoms with Crippen LogP contribution in [0.4, 0.5) is 18.9 Å². The van der Waals surface area contributed by atoms with Gasteiger partial charge in [0.2, 0.25) is 5.91 Å². The van der Waals surface area contributed by atoms with E-state index < -0.39 is 23.7 Å². The summed E-state index contributed by atoms with van der Waals surface area (Å²) in [5.41, 5.74) is 0.557. The smallest absolute Gasteiger partial charge is 0.325 e. The molecular formula is C18H14Cl2F3N3O. The van der Waals surface area contributed by atoms with Crippen LogP contribution in [-0.2, 0) is 4.79 Å². The molecule has 9 heteroatoms. The molecule has 0 aromatic heterocycles. The molecule has 1 aliphatic heterocycles. The summed E-state index contributed by atoms with van der Waals surface area (Å²) >= 11 is 12.0. The van der Waals surface area contributed by atoms with Crippen molar-refractivity contribution in [2.45, 2.75) is 6.18 Å². The zero-order valence-corrected chi connectivity index (χ0v) is 15.5. The summed E-state index contributed by atoms with van der Waals surface area (Å²) in [5.74, 6) is -2.18. The van der Waals surface area contributed by atoms with E-state index in [1.54, 1.807) is 42.5 Å². The lowest BCUT2D eigenvalue weighted by Crippen LogP contribution is -2.38. The third-order valence-corrected chi connectivity index (χ3v) is 4.82. The molecule has 0 saturated carbocycles. The molecule has 1 aliphatic rings. The second-order valence-corrected chi connectivity index (χ2v) is 6.85. The fourth-order valence-corrected chi connectivity index (χ4v) is 3.13. The molecule has 2 aromatic carbocycles. The number of carbonyl (C=O) groups is 1. The topological polar surface area (TPSA) is 44.7 Å². The fourth-order valence-electron chi connectivity index (χ4n) is 2.83. The maximum absolute atomic E-state index is 13.1. The Morgan fingerprint density at radius 3 is 2.56 bits per heavy atom. The van der Waals surface area contributed by atoms with Crippen molar-refractivity contribution in [1.29, 1.82) is 0 Å². The predicted molar refractivity (Wildman–Crippen MR) is 100 cm³/mol. The predicted octanol–water partition coefficient (Wildman–Crippen LogP) is 5.08. The standard InChI is InChI=1S/C18H14Cl2F3N3O/c1-26-9-12(16(25-26)18(21,22)23)17(27)24-15-5-3-2-4-11(15)10-6-7-13(19)14(20)8-10/h2-8,12H,9H2,1H3,(H,24,27). The molecule has 1 N–H and O–H groups in total. The van der Waals surface area contributed by atoms with Crippen molar-refractivity contribution >= 4 is 40.5 Å². The molecule has 0 radical (unpaired) electrons. The van der Waals surface area contributed by atoms with Crippen LogP contribution in [0.5, 0.6) is 0 Å². The number of hydrazone groups is 1. The molecule has 1 unspecified atom stereocenters. The molecule has 0 bridgehead atoms. The zero-order chi connectivity index (χ0) is 19.8. The number of anilines is 1. The normalized spacial score (nSPS) is 17.0. The number of amides is 1. The average Bonchev–Trinajstić information content (AvgIpc) is 3.00. The van der Waals surface area contributed by atoms with Gasteiger partial charge in [0.1, 0.15) is 5.92 Å². The summed E-state index contributed by atoms with van der Waals surface area (Å²) in [6.07, 6.45) is -4.67. The van der Waals surface area contributed by atoms with Crippen LogP contribution in [0.3, 0.4) is 0 Å². The van der Waals surface area contributed by atoms with Crippen molar-refractivity contribution in [3.63, 3.8) is 0 Å². The molecule has 0 spiro atoms. The quantitative estimate of drug-likeness (QED) is 0.759. The van der Waals surface area contributed by atoms with Crippen molar-refractivity contribution in [3.05, 3.63) is 52.5 Å². The summed E-state index contributed by atoms with van der Waals surface area (Å²) in [7, 11) is 1.39. The van der Waals surface area contributed by atoms with Crippen molar-refractivity contribution < 1.29 is 18.0 Å². The SMILES string of the molecule is CN1CC(C(=O)Nc2ccccc2-c2ccc(Cl)c(Cl)c2)C(C(F)(F)F)=N1. The van der Waals surface area contributed by atoms with E-state index in [-0.39, 0.29) is 6.54 Å². The van der Waals surface area contributed by atoms with E-state index in [9.17, 15) is 18.0 Å². The molecule has 142 valence electrons. The molecule has 1 atom stereocenters. The molecule has 0 aliphatic carbocycles. The Morgan fingerprint density at radius 1 is 1.19 bits per heavy atom. The van der Waals surface area contributed by atoms with Gasteiger partial charge < -0.3 is 5.32 Å². The van der Waals surface area contributed by atoms with Gasteiger partial charge in [-0.15, -0.1) is 0 Å². The first-order valence-electron chi connectivity index (χ1n) is 7.89. The third-order valence-electron chi connectivity index (χ3n) is 4.08. The molecule has 1 amide bonds. The Labute approximate surface area is 163 Å². The highest BCUT2D eigenvalue weighted by Gasteiger charge is 2.47. The second kappa shape index (κ2) is 7.40. The minimum absolute atomic E-state index is 0.143. The minimum atomic E-state index is -4.67. The van der Waals surface area contributed by atoms with Gasteiger partial charge in [0, 0.05) is 18.3 Å². The van der Waals surface area contributed by atoms with E-state index in [4.69, 9.17) is 23.2 Å². The number of hydrogen-bond acceptors (Lipinski definition) is 3. The Bertz CT molecular complexity index is 915. The number of alkyl halides is 3. The first kappa shape index (κ1) is 19.5. The highest BCUT2D eigenvalue weighted by molar-refractivity contribution is 6.42. The average molecular weight is 416 g/mol. The maximum Gasteiger partial charge on any atom is 0.432 e. The van der Waals surface area contributed by atoms with Gasteiger partial charge in [-0.3, -0.25) is 9.80 Å². The second-order valence-electron chi connectivity index (χ2n) is 6.04. The van der Waals surface area contributed by atoms with Crippen molar-refractivity contribution in [2.75, 3.05) is 18.9 Å². The Balaban J connectivity index is 1.89. The minimum Gasteiger partial charge on any atom is -0.325 e. The summed E-state index contributed by atoms with van der Waals surface area (Å²) in [5, 5.41) is 7.84. The van der Waals surface area contributed by atoms with E-state index in [0.29, 0.717) is 26.9 Å². The zero-order valence-electron chi connectivity index (χ0n) is 14.0. The number of para-hydroxylation sites is 1. The van der Waals surface area contributed by atoms with Gasteiger partial charge in [-0.05, 0) is 23.8 Å². The monoisotopic (exact) mass is 415 g/mol. The number of nitrogens with one attached hydrogen (secondary N) is 1. The number of hydrogen-bond donors (Lipinski definition) is 1. The molecule has 3 rings (SSSR count). The summed E-state index contributed by atoms with van der Waals surface area (Å²) in [6.45, 7) is -0.143. The van der Waals surface area contributed by atoms with Crippen LogP contribution in [0.2, 0.25) is 10.0 Å². The molecule has 4 nitrogen and oxygen atoms in total. The van der Waals surface area contributed by atoms with E-state index >= 15 is 0 Å². The van der Waals surface area contributed by atoms with E-state index in [0.717, 1.165) is 5.01 Å². The van der Waals surface area contributed by atoms with Gasteiger partial charge in [0.25, 0.3) is 0 Å². The van der Waals surface area contributed by atoms with Gasteiger partial charge in [0.15, 0.2) is 5.71 Å². The summed E-state index contributed by atoms with van der Waals surface area (Å²) < 4.78 is 39.4. The van der Waals surface area contributed by atoms with Crippen LogP contribution in [0.15, 0.2) is 47.6 Å². The van der Waals surface area contributed by atoms with Crippen molar-refractivity contribution in [1.82, 2.24) is 5.01 Å². The number of nitrogens with zero attached hydrogens (tertiary/aromatic N) is 2. The third kappa shape index (κ3) is 4.20. The highest BCUT2D eigenvalue weighted by atomic mass is 35.5. The lowest BCUT2D eigenvalue weighted by molar-refractivity contribution is -0.119. The van der Waals surface area contributed by atoms with Gasteiger partial charge in [0.05, 0.1) is 16.6 Å². The molecule has 1 heterocycles. The lowest BCUT2D eigenvalue weighted by atomic mass is 10.0. The van der Waals surface area contributed by atoms with E-state index in [2.05, 4.69) is 10.4 Å². The van der Waals surface area contributed by atoms with E-state index in [1.165, 1.54) is 7.05 Å². The van der Waals surface area contributed by atoms with Crippen molar-refractivity contribution in [3.8, 4) is 11.1 Å². The maximum atomic E-state index is 13.1. The van der Waals surface area contributed by atoms with Crippen LogP contribution in [0.25, 0.3) is 11.1 Å². The van der Waals surface area contributed by atoms with Gasteiger partial charge in [-0.1, -0.05) is 47.5 Å². The van der Waals surface area contributed by atoms with Crippen LogP contribution in [-0.4, -0.2) is 36.4 Å². The van der Waals surface area contributed by atoms with E-state index in [1.807, 2.05) is 0 Å². The van der Waals surface area contributed by atoms with Crippen LogP contribution in [0, 0.1) is 5.92 Å². The first-order chi connectivity index (χ1) is 12.7.